The molecule has 168 valence electrons. The van der Waals surface area contributed by atoms with Gasteiger partial charge in [-0.25, -0.2) is 4.98 Å². The molecule has 8 nitrogen and oxygen atoms in total. The van der Waals surface area contributed by atoms with Crippen molar-refractivity contribution >= 4 is 28.6 Å². The minimum Gasteiger partial charge on any atom is -0.466 e. The maximum absolute atomic E-state index is 12.1. The average Bonchev–Trinajstić information content (AvgIpc) is 3.34. The van der Waals surface area contributed by atoms with Gasteiger partial charge < -0.3 is 24.3 Å². The molecule has 0 spiro atoms. The van der Waals surface area contributed by atoms with Crippen LogP contribution in [0.15, 0.2) is 36.5 Å². The number of ether oxygens (including phenoxy) is 2. The fraction of sp³-hybridized carbons (Fsp3) is 0.458. The van der Waals surface area contributed by atoms with Crippen molar-refractivity contribution in [1.82, 2.24) is 15.0 Å². The van der Waals surface area contributed by atoms with Gasteiger partial charge in [0, 0.05) is 54.9 Å². The number of esters is 1. The van der Waals surface area contributed by atoms with Crippen molar-refractivity contribution in [2.75, 3.05) is 55.8 Å². The van der Waals surface area contributed by atoms with Crippen LogP contribution >= 0.6 is 0 Å². The largest absolute Gasteiger partial charge is 0.466 e. The first-order chi connectivity index (χ1) is 15.7. The predicted molar refractivity (Wildman–Crippen MR) is 124 cm³/mol. The molecule has 1 aromatic carbocycles. The van der Waals surface area contributed by atoms with Gasteiger partial charge in [-0.05, 0) is 31.9 Å². The fourth-order valence-electron chi connectivity index (χ4n) is 4.54. The van der Waals surface area contributed by atoms with Crippen LogP contribution in [0.4, 0.5) is 11.8 Å². The second-order valence-corrected chi connectivity index (χ2v) is 8.27. The highest BCUT2D eigenvalue weighted by Gasteiger charge is 2.28. The molecule has 2 saturated heterocycles. The van der Waals surface area contributed by atoms with Crippen LogP contribution in [0.5, 0.6) is 0 Å². The first-order valence-electron chi connectivity index (χ1n) is 11.4. The maximum atomic E-state index is 12.1. The number of rotatable bonds is 5. The molecule has 0 radical (unpaired) electrons. The standard InChI is InChI=1S/C24H29N5O3/c1-2-32-23(30)17-7-10-29(11-8-17)24-26-21(16-22(27-24)28-12-14-31-15-13-28)18-4-3-5-20-19(18)6-9-25-20/h3-6,9,16-17,25H,2,7-8,10-15H2,1H3. The molecular formula is C24H29N5O3. The summed E-state index contributed by atoms with van der Waals surface area (Å²) in [5, 5.41) is 1.14. The Morgan fingerprint density at radius 3 is 2.72 bits per heavy atom. The topological polar surface area (TPSA) is 83.6 Å². The second kappa shape index (κ2) is 9.16. The molecule has 4 heterocycles. The minimum absolute atomic E-state index is 0.0401. The molecule has 1 N–H and O–H groups in total. The predicted octanol–water partition coefficient (Wildman–Crippen LogP) is 3.24. The molecule has 0 saturated carbocycles. The Balaban J connectivity index is 1.48. The lowest BCUT2D eigenvalue weighted by Crippen LogP contribution is -2.39. The van der Waals surface area contributed by atoms with Gasteiger partial charge in [0.1, 0.15) is 5.82 Å². The van der Waals surface area contributed by atoms with Crippen LogP contribution in [0.2, 0.25) is 0 Å². The van der Waals surface area contributed by atoms with Gasteiger partial charge in [0.2, 0.25) is 5.95 Å². The Morgan fingerprint density at radius 1 is 1.12 bits per heavy atom. The molecule has 2 aliphatic heterocycles. The van der Waals surface area contributed by atoms with E-state index in [1.807, 2.05) is 13.1 Å². The van der Waals surface area contributed by atoms with Crippen molar-refractivity contribution in [2.45, 2.75) is 19.8 Å². The molecule has 0 bridgehead atoms. The summed E-state index contributed by atoms with van der Waals surface area (Å²) in [4.78, 5) is 29.8. The number of carbonyl (C=O) groups excluding carboxylic acids is 1. The summed E-state index contributed by atoms with van der Waals surface area (Å²) < 4.78 is 10.8. The average molecular weight is 436 g/mol. The van der Waals surface area contributed by atoms with Crippen molar-refractivity contribution in [3.63, 3.8) is 0 Å². The number of benzene rings is 1. The molecule has 2 aromatic heterocycles. The number of aromatic amines is 1. The zero-order valence-corrected chi connectivity index (χ0v) is 18.4. The number of fused-ring (bicyclic) bond motifs is 1. The van der Waals surface area contributed by atoms with Gasteiger partial charge in [-0.15, -0.1) is 0 Å². The Morgan fingerprint density at radius 2 is 1.94 bits per heavy atom. The molecular weight excluding hydrogens is 406 g/mol. The number of carbonyl (C=O) groups is 1. The third-order valence-electron chi connectivity index (χ3n) is 6.30. The number of anilines is 2. The molecule has 5 rings (SSSR count). The minimum atomic E-state index is -0.0880. The van der Waals surface area contributed by atoms with Crippen LogP contribution in [0.1, 0.15) is 19.8 Å². The monoisotopic (exact) mass is 435 g/mol. The van der Waals surface area contributed by atoms with E-state index < -0.39 is 0 Å². The lowest BCUT2D eigenvalue weighted by Gasteiger charge is -2.33. The lowest BCUT2D eigenvalue weighted by molar-refractivity contribution is -0.148. The van der Waals surface area contributed by atoms with Crippen LogP contribution in [0.25, 0.3) is 22.2 Å². The highest BCUT2D eigenvalue weighted by atomic mass is 16.5. The number of hydrogen-bond acceptors (Lipinski definition) is 7. The van der Waals surface area contributed by atoms with E-state index in [0.717, 1.165) is 72.9 Å². The normalized spacial score (nSPS) is 17.7. The smallest absolute Gasteiger partial charge is 0.309 e. The number of nitrogens with zero attached hydrogens (tertiary/aromatic N) is 4. The van der Waals surface area contributed by atoms with Crippen LogP contribution in [0.3, 0.4) is 0 Å². The summed E-state index contributed by atoms with van der Waals surface area (Å²) in [6.45, 7) is 6.79. The summed E-state index contributed by atoms with van der Waals surface area (Å²) in [6, 6.07) is 10.4. The van der Waals surface area contributed by atoms with Crippen molar-refractivity contribution in [3.05, 3.63) is 36.5 Å². The molecule has 32 heavy (non-hydrogen) atoms. The van der Waals surface area contributed by atoms with E-state index in [0.29, 0.717) is 19.8 Å². The van der Waals surface area contributed by atoms with E-state index in [1.54, 1.807) is 0 Å². The van der Waals surface area contributed by atoms with Gasteiger partial charge in [0.15, 0.2) is 0 Å². The molecule has 0 aliphatic carbocycles. The highest BCUT2D eigenvalue weighted by Crippen LogP contribution is 2.32. The SMILES string of the molecule is CCOC(=O)C1CCN(c2nc(-c3cccc4[nH]ccc34)cc(N3CCOCC3)n2)CC1. The van der Waals surface area contributed by atoms with Crippen LogP contribution < -0.4 is 9.80 Å². The summed E-state index contributed by atoms with van der Waals surface area (Å²) in [6.07, 6.45) is 3.47. The number of morpholine rings is 1. The number of piperidine rings is 1. The van der Waals surface area contributed by atoms with Gasteiger partial charge in [-0.2, -0.15) is 4.98 Å². The Hall–Kier alpha value is -3.13. The van der Waals surface area contributed by atoms with Gasteiger partial charge in [-0.3, -0.25) is 4.79 Å². The zero-order valence-electron chi connectivity index (χ0n) is 18.4. The quantitative estimate of drug-likeness (QED) is 0.616. The number of H-pyrrole nitrogens is 1. The van der Waals surface area contributed by atoms with Crippen molar-refractivity contribution in [1.29, 1.82) is 0 Å². The molecule has 2 aliphatic rings. The van der Waals surface area contributed by atoms with Gasteiger partial charge in [0.05, 0.1) is 31.4 Å². The molecule has 3 aromatic rings. The molecule has 2 fully saturated rings. The highest BCUT2D eigenvalue weighted by molar-refractivity contribution is 5.94. The van der Waals surface area contributed by atoms with Gasteiger partial charge in [-0.1, -0.05) is 12.1 Å². The second-order valence-electron chi connectivity index (χ2n) is 8.27. The van der Waals surface area contributed by atoms with Gasteiger partial charge >= 0.3 is 5.97 Å². The molecule has 8 heteroatoms. The fourth-order valence-corrected chi connectivity index (χ4v) is 4.54. The first-order valence-corrected chi connectivity index (χ1v) is 11.4. The number of hydrogen-bond donors (Lipinski definition) is 1. The van der Waals surface area contributed by atoms with E-state index in [-0.39, 0.29) is 11.9 Å². The Kier molecular flexibility index (Phi) is 5.94. The van der Waals surface area contributed by atoms with Gasteiger partial charge in [0.25, 0.3) is 0 Å². The number of aromatic nitrogens is 3. The molecule has 0 unspecified atom stereocenters. The zero-order chi connectivity index (χ0) is 21.9. The van der Waals surface area contributed by atoms with E-state index >= 15 is 0 Å². The van der Waals surface area contributed by atoms with Crippen molar-refractivity contribution < 1.29 is 14.3 Å². The Labute approximate surface area is 187 Å². The van der Waals surface area contributed by atoms with Crippen molar-refractivity contribution in [3.8, 4) is 11.3 Å². The van der Waals surface area contributed by atoms with E-state index in [2.05, 4.69) is 45.1 Å². The Bertz CT molecular complexity index is 1080. The molecule has 0 atom stereocenters. The lowest BCUT2D eigenvalue weighted by atomic mass is 9.97. The summed E-state index contributed by atoms with van der Waals surface area (Å²) in [5.41, 5.74) is 3.09. The van der Waals surface area contributed by atoms with E-state index in [1.165, 1.54) is 0 Å². The van der Waals surface area contributed by atoms with Crippen LogP contribution in [-0.4, -0.2) is 66.9 Å². The van der Waals surface area contributed by atoms with Crippen molar-refractivity contribution in [2.24, 2.45) is 5.92 Å². The first kappa shape index (κ1) is 20.8. The summed E-state index contributed by atoms with van der Waals surface area (Å²) in [7, 11) is 0. The third-order valence-corrected chi connectivity index (χ3v) is 6.30. The maximum Gasteiger partial charge on any atom is 0.309 e. The van der Waals surface area contributed by atoms with Crippen LogP contribution in [0, 0.1) is 5.92 Å². The summed E-state index contributed by atoms with van der Waals surface area (Å²) >= 11 is 0. The number of nitrogens with one attached hydrogen (secondary N) is 1. The van der Waals surface area contributed by atoms with E-state index in [4.69, 9.17) is 19.4 Å². The summed E-state index contributed by atoms with van der Waals surface area (Å²) in [5.74, 6) is 1.52. The van der Waals surface area contributed by atoms with E-state index in [9.17, 15) is 4.79 Å². The third kappa shape index (κ3) is 4.14. The molecule has 0 amide bonds. The van der Waals surface area contributed by atoms with Crippen LogP contribution in [-0.2, 0) is 14.3 Å².